The van der Waals surface area contributed by atoms with E-state index >= 15 is 0 Å². The zero-order valence-corrected chi connectivity index (χ0v) is 12.0. The van der Waals surface area contributed by atoms with E-state index in [1.807, 2.05) is 13.2 Å². The molecule has 2 N–H and O–H groups in total. The number of carboxylic acids is 1. The van der Waals surface area contributed by atoms with E-state index in [2.05, 4.69) is 12.2 Å². The maximum absolute atomic E-state index is 11.8. The van der Waals surface area contributed by atoms with Gasteiger partial charge in [-0.15, -0.1) is 0 Å². The van der Waals surface area contributed by atoms with Crippen LogP contribution in [0.15, 0.2) is 0 Å². The number of thioether (sulfide) groups is 1. The van der Waals surface area contributed by atoms with Gasteiger partial charge in [0, 0.05) is 24.9 Å². The topological polar surface area (TPSA) is 69.6 Å². The summed E-state index contributed by atoms with van der Waals surface area (Å²) in [5, 5.41) is 12.4. The third kappa shape index (κ3) is 4.08. The third-order valence-corrected chi connectivity index (χ3v) is 4.49. The van der Waals surface area contributed by atoms with Crippen molar-refractivity contribution in [1.29, 1.82) is 0 Å². The molecule has 0 aliphatic carbocycles. The second kappa shape index (κ2) is 6.87. The number of urea groups is 1. The molecule has 2 amide bonds. The number of carboxylic acid groups (broad SMARTS) is 1. The Labute approximate surface area is 112 Å². The van der Waals surface area contributed by atoms with Crippen LogP contribution < -0.4 is 5.32 Å². The molecule has 0 aromatic heterocycles. The van der Waals surface area contributed by atoms with Crippen LogP contribution in [0.25, 0.3) is 0 Å². The standard InChI is InChI=1S/C12H22N2O3S/c1-8-6-14(7-10(8)11(15)16)12(17)13-5-4-9(2)18-3/h8-10H,4-7H2,1-3H3,(H,13,17)(H,15,16)/t8-,9?,10-/m1/s1. The highest BCUT2D eigenvalue weighted by atomic mass is 32.2. The second-order valence-corrected chi connectivity index (χ2v) is 6.17. The lowest BCUT2D eigenvalue weighted by Crippen LogP contribution is -2.39. The molecule has 1 unspecified atom stereocenters. The van der Waals surface area contributed by atoms with Gasteiger partial charge in [-0.3, -0.25) is 4.79 Å². The van der Waals surface area contributed by atoms with Crippen molar-refractivity contribution in [2.24, 2.45) is 11.8 Å². The number of carbonyl (C=O) groups excluding carboxylic acids is 1. The molecule has 18 heavy (non-hydrogen) atoms. The van der Waals surface area contributed by atoms with Gasteiger partial charge in [-0.05, 0) is 18.6 Å². The summed E-state index contributed by atoms with van der Waals surface area (Å²) in [6.45, 7) is 5.49. The van der Waals surface area contributed by atoms with Gasteiger partial charge in [-0.2, -0.15) is 11.8 Å². The molecule has 0 bridgehead atoms. The van der Waals surface area contributed by atoms with Crippen LogP contribution in [0.1, 0.15) is 20.3 Å². The number of amides is 2. The summed E-state index contributed by atoms with van der Waals surface area (Å²) in [6, 6.07) is -0.140. The first-order valence-corrected chi connectivity index (χ1v) is 7.52. The maximum atomic E-state index is 11.8. The Kier molecular flexibility index (Phi) is 5.78. The van der Waals surface area contributed by atoms with Crippen molar-refractivity contribution in [2.45, 2.75) is 25.5 Å². The highest BCUT2D eigenvalue weighted by Crippen LogP contribution is 2.22. The molecule has 1 aliphatic rings. The maximum Gasteiger partial charge on any atom is 0.317 e. The largest absolute Gasteiger partial charge is 0.481 e. The van der Waals surface area contributed by atoms with Crippen LogP contribution in [-0.2, 0) is 4.79 Å². The highest BCUT2D eigenvalue weighted by Gasteiger charge is 2.36. The second-order valence-electron chi connectivity index (χ2n) is 4.89. The zero-order valence-electron chi connectivity index (χ0n) is 11.2. The molecule has 3 atom stereocenters. The normalized spacial score (nSPS) is 24.9. The van der Waals surface area contributed by atoms with Gasteiger partial charge in [0.15, 0.2) is 0 Å². The van der Waals surface area contributed by atoms with E-state index in [1.54, 1.807) is 16.7 Å². The molecular formula is C12H22N2O3S. The van der Waals surface area contributed by atoms with E-state index < -0.39 is 11.9 Å². The molecule has 5 nitrogen and oxygen atoms in total. The van der Waals surface area contributed by atoms with Crippen molar-refractivity contribution in [3.05, 3.63) is 0 Å². The monoisotopic (exact) mass is 274 g/mol. The van der Waals surface area contributed by atoms with Gasteiger partial charge in [0.05, 0.1) is 5.92 Å². The smallest absolute Gasteiger partial charge is 0.317 e. The van der Waals surface area contributed by atoms with Crippen molar-refractivity contribution < 1.29 is 14.7 Å². The van der Waals surface area contributed by atoms with Crippen molar-refractivity contribution in [3.8, 4) is 0 Å². The summed E-state index contributed by atoms with van der Waals surface area (Å²) in [5.41, 5.74) is 0. The van der Waals surface area contributed by atoms with E-state index in [0.29, 0.717) is 24.9 Å². The minimum absolute atomic E-state index is 0.0263. The number of likely N-dealkylation sites (tertiary alicyclic amines) is 1. The number of nitrogens with one attached hydrogen (secondary N) is 1. The first kappa shape index (κ1) is 15.1. The molecule has 1 fully saturated rings. The minimum Gasteiger partial charge on any atom is -0.481 e. The first-order chi connectivity index (χ1) is 8.45. The third-order valence-electron chi connectivity index (χ3n) is 3.45. The van der Waals surface area contributed by atoms with E-state index in [9.17, 15) is 9.59 Å². The Morgan fingerprint density at radius 3 is 2.67 bits per heavy atom. The molecule has 0 radical (unpaired) electrons. The number of carbonyl (C=O) groups is 2. The van der Waals surface area contributed by atoms with Crippen molar-refractivity contribution in [1.82, 2.24) is 10.2 Å². The Morgan fingerprint density at radius 2 is 2.17 bits per heavy atom. The van der Waals surface area contributed by atoms with Gasteiger partial charge in [0.2, 0.25) is 0 Å². The quantitative estimate of drug-likeness (QED) is 0.797. The molecule has 1 aliphatic heterocycles. The van der Waals surface area contributed by atoms with E-state index in [4.69, 9.17) is 5.11 Å². The van der Waals surface area contributed by atoms with Crippen LogP contribution in [0.4, 0.5) is 4.79 Å². The average molecular weight is 274 g/mol. The Bertz CT molecular complexity index is 312. The van der Waals surface area contributed by atoms with Gasteiger partial charge in [-0.1, -0.05) is 13.8 Å². The summed E-state index contributed by atoms with van der Waals surface area (Å²) in [4.78, 5) is 24.4. The summed E-state index contributed by atoms with van der Waals surface area (Å²) >= 11 is 1.77. The summed E-state index contributed by atoms with van der Waals surface area (Å²) in [6.07, 6.45) is 2.98. The van der Waals surface area contributed by atoms with Crippen molar-refractivity contribution >= 4 is 23.8 Å². The van der Waals surface area contributed by atoms with Gasteiger partial charge >= 0.3 is 12.0 Å². The Hall–Kier alpha value is -0.910. The Balaban J connectivity index is 2.33. The van der Waals surface area contributed by atoms with Crippen molar-refractivity contribution in [2.75, 3.05) is 25.9 Å². The van der Waals surface area contributed by atoms with E-state index in [0.717, 1.165) is 6.42 Å². The van der Waals surface area contributed by atoms with E-state index in [-0.39, 0.29) is 11.9 Å². The summed E-state index contributed by atoms with van der Waals surface area (Å²) in [7, 11) is 0. The summed E-state index contributed by atoms with van der Waals surface area (Å²) < 4.78 is 0. The minimum atomic E-state index is -0.811. The van der Waals surface area contributed by atoms with E-state index in [1.165, 1.54) is 0 Å². The van der Waals surface area contributed by atoms with Crippen LogP contribution in [0.3, 0.4) is 0 Å². The first-order valence-electron chi connectivity index (χ1n) is 6.24. The van der Waals surface area contributed by atoms with Gasteiger partial charge in [0.25, 0.3) is 0 Å². The predicted octanol–water partition coefficient (Wildman–Crippen LogP) is 1.49. The Morgan fingerprint density at radius 1 is 1.50 bits per heavy atom. The zero-order chi connectivity index (χ0) is 13.7. The number of nitrogens with zero attached hydrogens (tertiary/aromatic N) is 1. The van der Waals surface area contributed by atoms with Crippen molar-refractivity contribution in [3.63, 3.8) is 0 Å². The number of hydrogen-bond donors (Lipinski definition) is 2. The van der Waals surface area contributed by atoms with Crippen LogP contribution in [0.5, 0.6) is 0 Å². The van der Waals surface area contributed by atoms with Crippen LogP contribution >= 0.6 is 11.8 Å². The lowest BCUT2D eigenvalue weighted by atomic mass is 9.99. The lowest BCUT2D eigenvalue weighted by Gasteiger charge is -2.17. The van der Waals surface area contributed by atoms with Crippen LogP contribution in [0.2, 0.25) is 0 Å². The molecular weight excluding hydrogens is 252 g/mol. The molecule has 104 valence electrons. The fourth-order valence-corrected chi connectivity index (χ4v) is 2.42. The molecule has 1 saturated heterocycles. The fourth-order valence-electron chi connectivity index (χ4n) is 2.07. The number of aliphatic carboxylic acids is 1. The molecule has 0 aromatic carbocycles. The molecule has 0 saturated carbocycles. The average Bonchev–Trinajstić information content (AvgIpc) is 2.71. The number of hydrogen-bond acceptors (Lipinski definition) is 3. The fraction of sp³-hybridized carbons (Fsp3) is 0.833. The molecule has 0 aromatic rings. The predicted molar refractivity (Wildman–Crippen MR) is 72.9 cm³/mol. The molecule has 1 heterocycles. The van der Waals surface area contributed by atoms with Crippen LogP contribution in [0, 0.1) is 11.8 Å². The van der Waals surface area contributed by atoms with Crippen LogP contribution in [-0.4, -0.2) is 53.1 Å². The number of rotatable bonds is 5. The highest BCUT2D eigenvalue weighted by molar-refractivity contribution is 7.99. The molecule has 0 spiro atoms. The molecule has 6 heteroatoms. The molecule has 1 rings (SSSR count). The summed E-state index contributed by atoms with van der Waals surface area (Å²) in [5.74, 6) is -1.21. The van der Waals surface area contributed by atoms with Gasteiger partial charge in [0.1, 0.15) is 0 Å². The SMILES string of the molecule is CSC(C)CCNC(=O)N1C[C@@H](C)[C@H](C(=O)O)C1. The van der Waals surface area contributed by atoms with Gasteiger partial charge < -0.3 is 15.3 Å². The van der Waals surface area contributed by atoms with Gasteiger partial charge in [-0.25, -0.2) is 4.79 Å². The lowest BCUT2D eigenvalue weighted by molar-refractivity contribution is -0.142.